The number of ketones is 1. The molecule has 4 heteroatoms. The lowest BCUT2D eigenvalue weighted by Crippen LogP contribution is -2.03. The van der Waals surface area contributed by atoms with Crippen molar-refractivity contribution in [2.24, 2.45) is 0 Å². The standard InChI is InChI=1S/C20H22O4/c1-4-5-6-13-7-8-17-14(9-13)10-16(21)15-11-19(22-2)20(23-3)12-18(15)24-17/h7-9,11-12H,4-6,10H2,1-3H3. The van der Waals surface area contributed by atoms with Crippen LogP contribution in [0.3, 0.4) is 0 Å². The fraction of sp³-hybridized carbons (Fsp3) is 0.350. The first kappa shape index (κ1) is 16.4. The van der Waals surface area contributed by atoms with Gasteiger partial charge < -0.3 is 14.2 Å². The van der Waals surface area contributed by atoms with Crippen LogP contribution in [0.1, 0.15) is 41.3 Å². The van der Waals surface area contributed by atoms with Gasteiger partial charge in [-0.15, -0.1) is 0 Å². The molecule has 0 spiro atoms. The maximum absolute atomic E-state index is 12.7. The quantitative estimate of drug-likeness (QED) is 0.807. The summed E-state index contributed by atoms with van der Waals surface area (Å²) >= 11 is 0. The molecule has 3 rings (SSSR count). The molecule has 126 valence electrons. The van der Waals surface area contributed by atoms with E-state index < -0.39 is 0 Å². The molecule has 0 saturated carbocycles. The van der Waals surface area contributed by atoms with E-state index in [1.165, 1.54) is 5.56 Å². The first-order valence-corrected chi connectivity index (χ1v) is 8.25. The van der Waals surface area contributed by atoms with Gasteiger partial charge in [-0.25, -0.2) is 0 Å². The highest BCUT2D eigenvalue weighted by molar-refractivity contribution is 6.01. The predicted molar refractivity (Wildman–Crippen MR) is 92.7 cm³/mol. The fourth-order valence-electron chi connectivity index (χ4n) is 2.96. The van der Waals surface area contributed by atoms with E-state index in [2.05, 4.69) is 19.1 Å². The molecule has 0 amide bonds. The third kappa shape index (κ3) is 3.09. The van der Waals surface area contributed by atoms with Gasteiger partial charge in [0.15, 0.2) is 17.3 Å². The van der Waals surface area contributed by atoms with E-state index in [0.717, 1.165) is 30.6 Å². The molecule has 2 aromatic rings. The van der Waals surface area contributed by atoms with Crippen LogP contribution in [0.2, 0.25) is 0 Å². The molecule has 1 aliphatic rings. The number of carbonyl (C=O) groups is 1. The Morgan fingerprint density at radius 2 is 1.79 bits per heavy atom. The minimum atomic E-state index is 0.0253. The zero-order valence-electron chi connectivity index (χ0n) is 14.3. The zero-order valence-corrected chi connectivity index (χ0v) is 14.3. The normalized spacial score (nSPS) is 12.7. The number of hydrogen-bond donors (Lipinski definition) is 0. The Balaban J connectivity index is 2.00. The molecule has 0 bridgehead atoms. The maximum Gasteiger partial charge on any atom is 0.171 e. The molecule has 0 saturated heterocycles. The molecule has 0 aromatic heterocycles. The van der Waals surface area contributed by atoms with Crippen molar-refractivity contribution < 1.29 is 19.0 Å². The van der Waals surface area contributed by atoms with Crippen LogP contribution in [0, 0.1) is 0 Å². The zero-order chi connectivity index (χ0) is 17.1. The van der Waals surface area contributed by atoms with E-state index in [-0.39, 0.29) is 5.78 Å². The van der Waals surface area contributed by atoms with Crippen LogP contribution in [-0.2, 0) is 12.8 Å². The van der Waals surface area contributed by atoms with E-state index in [9.17, 15) is 4.79 Å². The summed E-state index contributed by atoms with van der Waals surface area (Å²) in [7, 11) is 3.12. The average Bonchev–Trinajstić information content (AvgIpc) is 2.73. The molecule has 1 heterocycles. The molecule has 1 aliphatic heterocycles. The van der Waals surface area contributed by atoms with Crippen molar-refractivity contribution in [3.8, 4) is 23.0 Å². The number of fused-ring (bicyclic) bond motifs is 2. The minimum absolute atomic E-state index is 0.0253. The van der Waals surface area contributed by atoms with Gasteiger partial charge in [0.1, 0.15) is 11.5 Å². The van der Waals surface area contributed by atoms with Crippen molar-refractivity contribution >= 4 is 5.78 Å². The van der Waals surface area contributed by atoms with Gasteiger partial charge in [-0.1, -0.05) is 25.5 Å². The monoisotopic (exact) mass is 326 g/mol. The van der Waals surface area contributed by atoms with Gasteiger partial charge in [0.05, 0.1) is 19.8 Å². The average molecular weight is 326 g/mol. The molecule has 0 atom stereocenters. The van der Waals surface area contributed by atoms with Gasteiger partial charge in [0.2, 0.25) is 0 Å². The second-order valence-electron chi connectivity index (χ2n) is 5.95. The molecule has 0 fully saturated rings. The third-order valence-corrected chi connectivity index (χ3v) is 4.30. The molecule has 0 aliphatic carbocycles. The molecule has 2 aromatic carbocycles. The first-order chi connectivity index (χ1) is 11.7. The van der Waals surface area contributed by atoms with Crippen LogP contribution >= 0.6 is 0 Å². The smallest absolute Gasteiger partial charge is 0.171 e. The minimum Gasteiger partial charge on any atom is -0.493 e. The van der Waals surface area contributed by atoms with Gasteiger partial charge in [-0.05, 0) is 30.5 Å². The summed E-state index contributed by atoms with van der Waals surface area (Å²) in [6.45, 7) is 2.17. The highest BCUT2D eigenvalue weighted by Gasteiger charge is 2.24. The van der Waals surface area contributed by atoms with Crippen molar-refractivity contribution in [1.29, 1.82) is 0 Å². The van der Waals surface area contributed by atoms with E-state index in [1.807, 2.05) is 6.07 Å². The van der Waals surface area contributed by atoms with E-state index in [1.54, 1.807) is 26.4 Å². The third-order valence-electron chi connectivity index (χ3n) is 4.30. The number of hydrogen-bond acceptors (Lipinski definition) is 4. The van der Waals surface area contributed by atoms with E-state index in [0.29, 0.717) is 29.2 Å². The topological polar surface area (TPSA) is 44.8 Å². The SMILES string of the molecule is CCCCc1ccc2c(c1)CC(=O)c1cc(OC)c(OC)cc1O2. The number of ether oxygens (including phenoxy) is 3. The number of carbonyl (C=O) groups excluding carboxylic acids is 1. The lowest BCUT2D eigenvalue weighted by Gasteiger charge is -2.13. The highest BCUT2D eigenvalue weighted by atomic mass is 16.5. The Hall–Kier alpha value is -2.49. The highest BCUT2D eigenvalue weighted by Crippen LogP contribution is 2.40. The van der Waals surface area contributed by atoms with Crippen molar-refractivity contribution in [3.05, 3.63) is 47.0 Å². The first-order valence-electron chi connectivity index (χ1n) is 8.25. The summed E-state index contributed by atoms with van der Waals surface area (Å²) in [5.41, 5.74) is 2.70. The van der Waals surface area contributed by atoms with Crippen molar-refractivity contribution in [1.82, 2.24) is 0 Å². The van der Waals surface area contributed by atoms with E-state index in [4.69, 9.17) is 14.2 Å². The number of benzene rings is 2. The van der Waals surface area contributed by atoms with Crippen LogP contribution in [-0.4, -0.2) is 20.0 Å². The molecule has 24 heavy (non-hydrogen) atoms. The lowest BCUT2D eigenvalue weighted by molar-refractivity contribution is 0.0993. The molecule has 4 nitrogen and oxygen atoms in total. The molecule has 0 unspecified atom stereocenters. The van der Waals surface area contributed by atoms with Gasteiger partial charge in [-0.3, -0.25) is 4.79 Å². The van der Waals surface area contributed by atoms with Crippen LogP contribution in [0.25, 0.3) is 0 Å². The van der Waals surface area contributed by atoms with E-state index >= 15 is 0 Å². The number of unbranched alkanes of at least 4 members (excludes halogenated alkanes) is 1. The Morgan fingerprint density at radius 1 is 1.04 bits per heavy atom. The summed E-state index contributed by atoms with van der Waals surface area (Å²) in [5.74, 6) is 2.35. The summed E-state index contributed by atoms with van der Waals surface area (Å²) in [5, 5.41) is 0. The number of methoxy groups -OCH3 is 2. The van der Waals surface area contributed by atoms with Gasteiger partial charge in [0, 0.05) is 18.1 Å². The fourth-order valence-corrected chi connectivity index (χ4v) is 2.96. The van der Waals surface area contributed by atoms with Crippen LogP contribution < -0.4 is 14.2 Å². The largest absolute Gasteiger partial charge is 0.493 e. The summed E-state index contributed by atoms with van der Waals surface area (Å²) < 4.78 is 16.6. The van der Waals surface area contributed by atoms with Crippen molar-refractivity contribution in [2.45, 2.75) is 32.6 Å². The summed E-state index contributed by atoms with van der Waals surface area (Å²) in [6.07, 6.45) is 3.64. The van der Waals surface area contributed by atoms with Gasteiger partial charge in [0.25, 0.3) is 0 Å². The molecule has 0 radical (unpaired) electrons. The van der Waals surface area contributed by atoms with Crippen LogP contribution in [0.4, 0.5) is 0 Å². The number of Topliss-reactive ketones (excluding diaryl/α,β-unsaturated/α-hetero) is 1. The van der Waals surface area contributed by atoms with Crippen molar-refractivity contribution in [2.75, 3.05) is 14.2 Å². The van der Waals surface area contributed by atoms with Gasteiger partial charge >= 0.3 is 0 Å². The number of aryl methyl sites for hydroxylation is 1. The molecule has 0 N–H and O–H groups in total. The van der Waals surface area contributed by atoms with Crippen LogP contribution in [0.15, 0.2) is 30.3 Å². The molecular formula is C20H22O4. The molecular weight excluding hydrogens is 304 g/mol. The number of rotatable bonds is 5. The Morgan fingerprint density at radius 3 is 2.50 bits per heavy atom. The second kappa shape index (κ2) is 6.95. The Labute approximate surface area is 142 Å². The Kier molecular flexibility index (Phi) is 4.74. The maximum atomic E-state index is 12.7. The van der Waals surface area contributed by atoms with Crippen LogP contribution in [0.5, 0.6) is 23.0 Å². The van der Waals surface area contributed by atoms with Crippen molar-refractivity contribution in [3.63, 3.8) is 0 Å². The van der Waals surface area contributed by atoms with Gasteiger partial charge in [-0.2, -0.15) is 0 Å². The predicted octanol–water partition coefficient (Wildman–Crippen LogP) is 4.58. The summed E-state index contributed by atoms with van der Waals surface area (Å²) in [4.78, 5) is 12.7. The summed E-state index contributed by atoms with van der Waals surface area (Å²) in [6, 6.07) is 9.53. The second-order valence-corrected chi connectivity index (χ2v) is 5.95. The Bertz CT molecular complexity index is 764. The lowest BCUT2D eigenvalue weighted by atomic mass is 9.99.